The minimum absolute atomic E-state index is 0.0548. The third-order valence-electron chi connectivity index (χ3n) is 4.32. The molecule has 122 valence electrons. The summed E-state index contributed by atoms with van der Waals surface area (Å²) in [4.78, 5) is 31.0. The molecule has 0 spiro atoms. The van der Waals surface area contributed by atoms with Gasteiger partial charge in [-0.25, -0.2) is 4.98 Å². The van der Waals surface area contributed by atoms with Gasteiger partial charge in [-0.05, 0) is 31.0 Å². The zero-order valence-corrected chi connectivity index (χ0v) is 14.3. The van der Waals surface area contributed by atoms with Gasteiger partial charge in [-0.2, -0.15) is 0 Å². The molecule has 1 fully saturated rings. The lowest BCUT2D eigenvalue weighted by atomic mass is 10.2. The minimum atomic E-state index is -0.124. The van der Waals surface area contributed by atoms with E-state index in [9.17, 15) is 9.59 Å². The predicted octanol–water partition coefficient (Wildman–Crippen LogP) is 1.50. The number of aromatic nitrogens is 2. The molecule has 0 bridgehead atoms. The number of hydrogen-bond acceptors (Lipinski definition) is 4. The van der Waals surface area contributed by atoms with Gasteiger partial charge in [0.05, 0.1) is 17.2 Å². The van der Waals surface area contributed by atoms with Gasteiger partial charge < -0.3 is 10.6 Å². The summed E-state index contributed by atoms with van der Waals surface area (Å²) in [7, 11) is 0. The molecule has 1 aromatic heterocycles. The summed E-state index contributed by atoms with van der Waals surface area (Å²) >= 11 is 3.36. The fourth-order valence-electron chi connectivity index (χ4n) is 3.06. The van der Waals surface area contributed by atoms with Crippen molar-refractivity contribution in [1.82, 2.24) is 14.5 Å². The highest BCUT2D eigenvalue weighted by Crippen LogP contribution is 2.18. The van der Waals surface area contributed by atoms with Crippen LogP contribution >= 0.6 is 15.9 Å². The Morgan fingerprint density at radius 3 is 3.04 bits per heavy atom. The second-order valence-electron chi connectivity index (χ2n) is 5.77. The van der Waals surface area contributed by atoms with Gasteiger partial charge in [0.1, 0.15) is 0 Å². The summed E-state index contributed by atoms with van der Waals surface area (Å²) in [5.74, 6) is 0.0548. The summed E-state index contributed by atoms with van der Waals surface area (Å²) in [5.41, 5.74) is 6.24. The highest BCUT2D eigenvalue weighted by molar-refractivity contribution is 9.10. The molecule has 23 heavy (non-hydrogen) atoms. The summed E-state index contributed by atoms with van der Waals surface area (Å²) in [6, 6.07) is 5.55. The number of benzene rings is 1. The molecule has 7 heteroatoms. The number of fused-ring (bicyclic) bond motifs is 1. The van der Waals surface area contributed by atoms with Crippen molar-refractivity contribution in [2.45, 2.75) is 31.8 Å². The zero-order valence-electron chi connectivity index (χ0n) is 12.7. The lowest BCUT2D eigenvalue weighted by Crippen LogP contribution is -2.40. The van der Waals surface area contributed by atoms with Crippen molar-refractivity contribution in [2.75, 3.05) is 13.1 Å². The van der Waals surface area contributed by atoms with Crippen molar-refractivity contribution in [2.24, 2.45) is 5.73 Å². The summed E-state index contributed by atoms with van der Waals surface area (Å²) in [5, 5.41) is 0.551. The van der Waals surface area contributed by atoms with E-state index in [1.165, 1.54) is 10.9 Å². The van der Waals surface area contributed by atoms with Crippen LogP contribution in [0.3, 0.4) is 0 Å². The Labute approximate surface area is 142 Å². The van der Waals surface area contributed by atoms with Crippen molar-refractivity contribution >= 4 is 32.7 Å². The van der Waals surface area contributed by atoms with Gasteiger partial charge in [-0.1, -0.05) is 15.9 Å². The second kappa shape index (κ2) is 6.80. The number of halogens is 1. The van der Waals surface area contributed by atoms with Gasteiger partial charge in [0.25, 0.3) is 5.56 Å². The van der Waals surface area contributed by atoms with E-state index in [0.717, 1.165) is 23.9 Å². The van der Waals surface area contributed by atoms with Crippen molar-refractivity contribution in [3.8, 4) is 0 Å². The SMILES string of the molecule is NCC1CCCN1C(=O)CCn1cnc2ccc(Br)cc2c1=O. The number of rotatable bonds is 4. The van der Waals surface area contributed by atoms with E-state index in [1.807, 2.05) is 11.0 Å². The Morgan fingerprint density at radius 2 is 2.26 bits per heavy atom. The number of carbonyl (C=O) groups excluding carboxylic acids is 1. The maximum absolute atomic E-state index is 12.5. The van der Waals surface area contributed by atoms with E-state index < -0.39 is 0 Å². The lowest BCUT2D eigenvalue weighted by molar-refractivity contribution is -0.132. The first kappa shape index (κ1) is 16.1. The number of carbonyl (C=O) groups is 1. The van der Waals surface area contributed by atoms with E-state index in [0.29, 0.717) is 24.0 Å². The molecule has 2 N–H and O–H groups in total. The van der Waals surface area contributed by atoms with Crippen LogP contribution in [0.5, 0.6) is 0 Å². The Morgan fingerprint density at radius 1 is 1.43 bits per heavy atom. The van der Waals surface area contributed by atoms with E-state index in [1.54, 1.807) is 12.1 Å². The molecule has 1 saturated heterocycles. The van der Waals surface area contributed by atoms with Crippen LogP contribution in [-0.2, 0) is 11.3 Å². The molecule has 2 aromatic rings. The standard InChI is InChI=1S/C16H19BrN4O2/c17-11-3-4-14-13(8-11)16(23)20(10-19-14)7-5-15(22)21-6-1-2-12(21)9-18/h3-4,8,10,12H,1-2,5-7,9,18H2. The van der Waals surface area contributed by atoms with Crippen molar-refractivity contribution < 1.29 is 4.79 Å². The third kappa shape index (κ3) is 3.30. The molecule has 1 aromatic carbocycles. The van der Waals surface area contributed by atoms with Gasteiger partial charge in [0.15, 0.2) is 0 Å². The first-order valence-corrected chi connectivity index (χ1v) is 8.53. The number of aryl methyl sites for hydroxylation is 1. The quantitative estimate of drug-likeness (QED) is 0.873. The predicted molar refractivity (Wildman–Crippen MR) is 92.1 cm³/mol. The maximum atomic E-state index is 12.5. The van der Waals surface area contributed by atoms with E-state index >= 15 is 0 Å². The second-order valence-corrected chi connectivity index (χ2v) is 6.69. The van der Waals surface area contributed by atoms with Crippen LogP contribution in [0.25, 0.3) is 10.9 Å². The summed E-state index contributed by atoms with van der Waals surface area (Å²) in [6.07, 6.45) is 3.76. The fourth-order valence-corrected chi connectivity index (χ4v) is 3.42. The third-order valence-corrected chi connectivity index (χ3v) is 4.82. The number of nitrogens with zero attached hydrogens (tertiary/aromatic N) is 3. The van der Waals surface area contributed by atoms with E-state index in [4.69, 9.17) is 5.73 Å². The largest absolute Gasteiger partial charge is 0.338 e. The van der Waals surface area contributed by atoms with Crippen LogP contribution in [0.15, 0.2) is 33.8 Å². The van der Waals surface area contributed by atoms with Crippen LogP contribution in [0.4, 0.5) is 0 Å². The Hall–Kier alpha value is -1.73. The molecule has 2 heterocycles. The minimum Gasteiger partial charge on any atom is -0.338 e. The molecule has 1 aliphatic rings. The van der Waals surface area contributed by atoms with Gasteiger partial charge in [-0.15, -0.1) is 0 Å². The molecule has 3 rings (SSSR count). The van der Waals surface area contributed by atoms with E-state index in [2.05, 4.69) is 20.9 Å². The van der Waals surface area contributed by atoms with Crippen LogP contribution in [0.1, 0.15) is 19.3 Å². The molecule has 1 amide bonds. The molecule has 1 unspecified atom stereocenters. The fraction of sp³-hybridized carbons (Fsp3) is 0.438. The van der Waals surface area contributed by atoms with Crippen LogP contribution in [-0.4, -0.2) is 39.5 Å². The number of nitrogens with two attached hydrogens (primary N) is 1. The molecular formula is C16H19BrN4O2. The van der Waals surface area contributed by atoms with Crippen molar-refractivity contribution in [1.29, 1.82) is 0 Å². The number of amides is 1. The zero-order chi connectivity index (χ0) is 16.4. The molecule has 1 aliphatic heterocycles. The van der Waals surface area contributed by atoms with Gasteiger partial charge in [-0.3, -0.25) is 14.2 Å². The van der Waals surface area contributed by atoms with Crippen molar-refractivity contribution in [3.05, 3.63) is 39.4 Å². The van der Waals surface area contributed by atoms with Crippen LogP contribution in [0.2, 0.25) is 0 Å². The van der Waals surface area contributed by atoms with Gasteiger partial charge >= 0.3 is 0 Å². The molecule has 0 radical (unpaired) electrons. The highest BCUT2D eigenvalue weighted by Gasteiger charge is 2.27. The first-order valence-electron chi connectivity index (χ1n) is 7.74. The maximum Gasteiger partial charge on any atom is 0.261 e. The Kier molecular flexibility index (Phi) is 4.77. The lowest BCUT2D eigenvalue weighted by Gasteiger charge is -2.23. The molecular weight excluding hydrogens is 360 g/mol. The summed E-state index contributed by atoms with van der Waals surface area (Å²) in [6.45, 7) is 1.59. The van der Waals surface area contributed by atoms with Gasteiger partial charge in [0.2, 0.25) is 5.91 Å². The molecule has 0 aliphatic carbocycles. The van der Waals surface area contributed by atoms with E-state index in [-0.39, 0.29) is 23.9 Å². The molecule has 1 atom stereocenters. The van der Waals surface area contributed by atoms with Crippen molar-refractivity contribution in [3.63, 3.8) is 0 Å². The molecule has 0 saturated carbocycles. The normalized spacial score (nSPS) is 17.8. The average Bonchev–Trinajstić information content (AvgIpc) is 3.03. The Bertz CT molecular complexity index is 789. The number of likely N-dealkylation sites (tertiary alicyclic amines) is 1. The molecule has 6 nitrogen and oxygen atoms in total. The summed E-state index contributed by atoms with van der Waals surface area (Å²) < 4.78 is 2.33. The number of hydrogen-bond donors (Lipinski definition) is 1. The highest BCUT2D eigenvalue weighted by atomic mass is 79.9. The van der Waals surface area contributed by atoms with Crippen LogP contribution in [0, 0.1) is 0 Å². The van der Waals surface area contributed by atoms with Crippen LogP contribution < -0.4 is 11.3 Å². The monoisotopic (exact) mass is 378 g/mol. The van der Waals surface area contributed by atoms with Gasteiger partial charge in [0, 0.05) is 36.6 Å². The average molecular weight is 379 g/mol. The first-order chi connectivity index (χ1) is 11.1. The topological polar surface area (TPSA) is 81.2 Å². The smallest absolute Gasteiger partial charge is 0.261 e. The Balaban J connectivity index is 1.76.